The number of ether oxygens (including phenoxy) is 1. The molecule has 2 heterocycles. The van der Waals surface area contributed by atoms with Crippen LogP contribution in [0.5, 0.6) is 5.75 Å². The smallest absolute Gasteiger partial charge is 0.289 e. The number of hydrogen-bond donors (Lipinski definition) is 2. The van der Waals surface area contributed by atoms with E-state index < -0.39 is 16.9 Å². The number of halogens is 2. The topological polar surface area (TPSA) is 119 Å². The lowest BCUT2D eigenvalue weighted by Crippen LogP contribution is -2.89. The van der Waals surface area contributed by atoms with E-state index in [-0.39, 0.29) is 46.8 Å². The highest BCUT2D eigenvalue weighted by atomic mass is 35.5. The predicted octanol–water partition coefficient (Wildman–Crippen LogP) is 3.08. The minimum Gasteiger partial charge on any atom is -0.484 e. The molecule has 3 aliphatic carbocycles. The highest BCUT2D eigenvalue weighted by Crippen LogP contribution is 2.64. The van der Waals surface area contributed by atoms with Gasteiger partial charge in [0.25, 0.3) is 11.8 Å². The predicted molar refractivity (Wildman–Crippen MR) is 119 cm³/mol. The van der Waals surface area contributed by atoms with E-state index in [1.807, 2.05) is 6.92 Å². The molecule has 0 radical (unpaired) electrons. The molecule has 3 aliphatic rings. The van der Waals surface area contributed by atoms with Crippen LogP contribution < -0.4 is 15.4 Å². The molecule has 3 aromatic rings. The summed E-state index contributed by atoms with van der Waals surface area (Å²) in [4.78, 5) is 37.5. The lowest BCUT2D eigenvalue weighted by Gasteiger charge is -2.75. The van der Waals surface area contributed by atoms with Gasteiger partial charge in [0.1, 0.15) is 17.4 Å². The van der Waals surface area contributed by atoms with E-state index >= 15 is 0 Å². The summed E-state index contributed by atoms with van der Waals surface area (Å²) in [5.41, 5.74) is -0.233. The first-order valence-corrected chi connectivity index (χ1v) is 11.0. The molecule has 2 aromatic heterocycles. The molecule has 0 aliphatic heterocycles. The molecule has 0 saturated heterocycles. The zero-order valence-electron chi connectivity index (χ0n) is 18.4. The fourth-order valence-electron chi connectivity index (χ4n) is 4.68. The summed E-state index contributed by atoms with van der Waals surface area (Å²) in [5.74, 6) is -0.0831. The van der Waals surface area contributed by atoms with Gasteiger partial charge in [-0.1, -0.05) is 18.5 Å². The Morgan fingerprint density at radius 2 is 1.88 bits per heavy atom. The van der Waals surface area contributed by atoms with Crippen LogP contribution in [0.15, 0.2) is 41.2 Å². The Labute approximate surface area is 199 Å². The van der Waals surface area contributed by atoms with E-state index in [0.29, 0.717) is 24.2 Å². The molecule has 176 valence electrons. The molecule has 0 spiro atoms. The van der Waals surface area contributed by atoms with Gasteiger partial charge in [0.2, 0.25) is 11.7 Å². The Hall–Kier alpha value is -3.53. The lowest BCUT2D eigenvalue weighted by molar-refractivity contribution is -0.174. The molecule has 6 rings (SSSR count). The monoisotopic (exact) mass is 485 g/mol. The van der Waals surface area contributed by atoms with Gasteiger partial charge < -0.3 is 19.8 Å². The van der Waals surface area contributed by atoms with Gasteiger partial charge in [-0.05, 0) is 31.9 Å². The van der Waals surface area contributed by atoms with Crippen LogP contribution in [0.4, 0.5) is 4.39 Å². The highest BCUT2D eigenvalue weighted by molar-refractivity contribution is 6.30. The highest BCUT2D eigenvalue weighted by Gasteiger charge is 2.75. The molecule has 2 amide bonds. The van der Waals surface area contributed by atoms with Crippen molar-refractivity contribution in [2.75, 3.05) is 6.61 Å². The number of rotatable bonds is 7. The fraction of sp³-hybridized carbons (Fsp3) is 0.348. The number of carbonyl (C=O) groups is 2. The van der Waals surface area contributed by atoms with Gasteiger partial charge in [0.05, 0.1) is 16.8 Å². The van der Waals surface area contributed by atoms with E-state index in [1.54, 1.807) is 19.3 Å². The number of amides is 2. The number of hydrogen-bond acceptors (Lipinski definition) is 7. The summed E-state index contributed by atoms with van der Waals surface area (Å²) in [5, 5.41) is 6.00. The fourth-order valence-corrected chi connectivity index (χ4v) is 4.80. The van der Waals surface area contributed by atoms with Gasteiger partial charge in [-0.2, -0.15) is 0 Å². The number of nitrogens with one attached hydrogen (secondary N) is 2. The Kier molecular flexibility index (Phi) is 5.27. The molecule has 1 atom stereocenters. The summed E-state index contributed by atoms with van der Waals surface area (Å²) >= 11 is 5.65. The first-order chi connectivity index (χ1) is 16.2. The Morgan fingerprint density at radius 3 is 2.56 bits per heavy atom. The molecule has 2 bridgehead atoms. The van der Waals surface area contributed by atoms with E-state index in [9.17, 15) is 14.0 Å². The van der Waals surface area contributed by atoms with Crippen molar-refractivity contribution >= 4 is 23.4 Å². The second-order valence-electron chi connectivity index (χ2n) is 8.80. The first kappa shape index (κ1) is 22.3. The zero-order chi connectivity index (χ0) is 24.1. The number of carbonyl (C=O) groups excluding carboxylic acids is 2. The zero-order valence-corrected chi connectivity index (χ0v) is 19.1. The molecule has 1 aromatic carbocycles. The van der Waals surface area contributed by atoms with Gasteiger partial charge in [0, 0.05) is 35.5 Å². The molecular weight excluding hydrogens is 465 g/mol. The molecule has 0 unspecified atom stereocenters. The molecule has 9 nitrogen and oxygen atoms in total. The van der Waals surface area contributed by atoms with Crippen LogP contribution in [0.25, 0.3) is 11.5 Å². The van der Waals surface area contributed by atoms with Crippen LogP contribution in [0, 0.1) is 18.7 Å². The Balaban J connectivity index is 1.14. The summed E-state index contributed by atoms with van der Waals surface area (Å²) in [6, 6.07) is 3.99. The van der Waals surface area contributed by atoms with Crippen molar-refractivity contribution in [1.82, 2.24) is 25.6 Å². The Bertz CT molecular complexity index is 1270. The van der Waals surface area contributed by atoms with Crippen molar-refractivity contribution in [1.29, 1.82) is 0 Å². The third kappa shape index (κ3) is 3.77. The standard InChI is InChI=1S/C23H21ClFN5O4/c1-12-22(29-19(31)9-33-15-3-4-16(24)17(25)5-15)10-23(12,11-22)30-20(32)18-8-28-21(34-18)14-6-26-13(2)27-7-14/h3-8,12H,9-11H2,1-2H3,(H,29,31)(H,30,32)/t12-,22?,23?/m0/s1. The normalized spacial score (nSPS) is 24.5. The van der Waals surface area contributed by atoms with Crippen LogP contribution in [-0.2, 0) is 4.79 Å². The maximum atomic E-state index is 13.5. The average molecular weight is 486 g/mol. The van der Waals surface area contributed by atoms with Gasteiger partial charge in [-0.25, -0.2) is 19.3 Å². The first-order valence-electron chi connectivity index (χ1n) is 10.7. The van der Waals surface area contributed by atoms with Crippen LogP contribution in [0.3, 0.4) is 0 Å². The van der Waals surface area contributed by atoms with Crippen LogP contribution in [0.2, 0.25) is 5.02 Å². The molecular formula is C23H21ClFN5O4. The van der Waals surface area contributed by atoms with E-state index in [1.165, 1.54) is 18.3 Å². The SMILES string of the molecule is Cc1ncc(-c2ncc(C(=O)NC34CC(NC(=O)COc5ccc(Cl)c(F)c5)(C3)[C@@H]4C)o2)cn1. The van der Waals surface area contributed by atoms with Crippen molar-refractivity contribution < 1.29 is 23.1 Å². The van der Waals surface area contributed by atoms with Crippen LogP contribution >= 0.6 is 11.6 Å². The summed E-state index contributed by atoms with van der Waals surface area (Å²) in [7, 11) is 0. The van der Waals surface area contributed by atoms with Crippen LogP contribution in [0.1, 0.15) is 36.1 Å². The van der Waals surface area contributed by atoms with Gasteiger partial charge in [-0.15, -0.1) is 0 Å². The van der Waals surface area contributed by atoms with Gasteiger partial charge in [0.15, 0.2) is 6.61 Å². The third-order valence-electron chi connectivity index (χ3n) is 6.69. The van der Waals surface area contributed by atoms with Crippen molar-refractivity contribution in [2.24, 2.45) is 5.92 Å². The molecule has 3 saturated carbocycles. The average Bonchev–Trinajstić information content (AvgIpc) is 3.29. The second-order valence-corrected chi connectivity index (χ2v) is 9.21. The van der Waals surface area contributed by atoms with Crippen molar-refractivity contribution in [3.05, 3.63) is 59.2 Å². The third-order valence-corrected chi connectivity index (χ3v) is 7.00. The quantitative estimate of drug-likeness (QED) is 0.527. The molecule has 34 heavy (non-hydrogen) atoms. The number of oxazole rings is 1. The number of aryl methyl sites for hydroxylation is 1. The number of aromatic nitrogens is 3. The Morgan fingerprint density at radius 1 is 1.18 bits per heavy atom. The van der Waals surface area contributed by atoms with E-state index in [2.05, 4.69) is 25.6 Å². The van der Waals surface area contributed by atoms with E-state index in [0.717, 1.165) is 6.07 Å². The largest absolute Gasteiger partial charge is 0.484 e. The van der Waals surface area contributed by atoms with Crippen molar-refractivity contribution in [3.63, 3.8) is 0 Å². The van der Waals surface area contributed by atoms with Gasteiger partial charge >= 0.3 is 0 Å². The summed E-state index contributed by atoms with van der Waals surface area (Å²) in [6.45, 7) is 3.49. The maximum absolute atomic E-state index is 13.5. The number of nitrogens with zero attached hydrogens (tertiary/aromatic N) is 3. The van der Waals surface area contributed by atoms with Gasteiger partial charge in [-0.3, -0.25) is 9.59 Å². The molecule has 11 heteroatoms. The number of benzene rings is 1. The summed E-state index contributed by atoms with van der Waals surface area (Å²) in [6.07, 6.45) is 5.73. The van der Waals surface area contributed by atoms with E-state index in [4.69, 9.17) is 20.8 Å². The molecule has 3 fully saturated rings. The maximum Gasteiger partial charge on any atom is 0.289 e. The molecule has 2 N–H and O–H groups in total. The second kappa shape index (κ2) is 8.05. The van der Waals surface area contributed by atoms with Crippen molar-refractivity contribution in [2.45, 2.75) is 37.8 Å². The van der Waals surface area contributed by atoms with Crippen LogP contribution in [-0.4, -0.2) is 44.5 Å². The summed E-state index contributed by atoms with van der Waals surface area (Å²) < 4.78 is 24.5. The van der Waals surface area contributed by atoms with Crippen molar-refractivity contribution in [3.8, 4) is 17.2 Å². The minimum atomic E-state index is -0.614. The lowest BCUT2D eigenvalue weighted by atomic mass is 9.37. The minimum absolute atomic E-state index is 0.0162.